The summed E-state index contributed by atoms with van der Waals surface area (Å²) >= 11 is 0. The summed E-state index contributed by atoms with van der Waals surface area (Å²) in [5.41, 5.74) is 0.300. The second-order valence-electron chi connectivity index (χ2n) is 8.72. The first-order chi connectivity index (χ1) is 15.5. The Hall–Kier alpha value is -2.11. The van der Waals surface area contributed by atoms with Gasteiger partial charge in [-0.15, -0.1) is 0 Å². The molecule has 3 saturated heterocycles. The molecular weight excluding hydrogens is 466 g/mol. The van der Waals surface area contributed by atoms with Gasteiger partial charge in [0.1, 0.15) is 5.54 Å². The standard InChI is InChI=1S/C23H27NO7S2/c1-17-3-7-20(8-4-17)32(26,27)30-15-23(22(25)19-11-13-24(23)14-12-19)16-31-33(28,29)21-9-5-18(2)6-10-21/h3-10,19H,11-16H2,1-2H3. The molecule has 0 aliphatic carbocycles. The second-order valence-corrected chi connectivity index (χ2v) is 11.9. The molecule has 3 aliphatic heterocycles. The van der Waals surface area contributed by atoms with Gasteiger partial charge in [-0.2, -0.15) is 16.8 Å². The first-order valence-electron chi connectivity index (χ1n) is 10.8. The number of ketones is 1. The maximum Gasteiger partial charge on any atom is 0.297 e. The van der Waals surface area contributed by atoms with E-state index in [4.69, 9.17) is 8.37 Å². The summed E-state index contributed by atoms with van der Waals surface area (Å²) in [6.07, 6.45) is 1.30. The molecule has 5 rings (SSSR count). The van der Waals surface area contributed by atoms with E-state index in [-0.39, 0.29) is 21.5 Å². The van der Waals surface area contributed by atoms with E-state index in [2.05, 4.69) is 0 Å². The third kappa shape index (κ3) is 4.76. The van der Waals surface area contributed by atoms with Crippen LogP contribution in [-0.4, -0.2) is 59.4 Å². The van der Waals surface area contributed by atoms with E-state index < -0.39 is 39.0 Å². The monoisotopic (exact) mass is 493 g/mol. The highest BCUT2D eigenvalue weighted by Crippen LogP contribution is 2.38. The van der Waals surface area contributed by atoms with Crippen molar-refractivity contribution in [3.63, 3.8) is 0 Å². The van der Waals surface area contributed by atoms with Crippen LogP contribution in [0.25, 0.3) is 0 Å². The van der Waals surface area contributed by atoms with Crippen molar-refractivity contribution in [1.82, 2.24) is 4.90 Å². The molecule has 33 heavy (non-hydrogen) atoms. The van der Waals surface area contributed by atoms with Gasteiger partial charge in [-0.25, -0.2) is 0 Å². The van der Waals surface area contributed by atoms with Gasteiger partial charge in [-0.05, 0) is 64.0 Å². The van der Waals surface area contributed by atoms with Gasteiger partial charge in [-0.1, -0.05) is 35.4 Å². The van der Waals surface area contributed by atoms with Crippen LogP contribution in [0.15, 0.2) is 58.3 Å². The summed E-state index contributed by atoms with van der Waals surface area (Å²) in [6, 6.07) is 12.4. The molecule has 2 bridgehead atoms. The normalized spacial score (nSPS) is 22.4. The Morgan fingerprint density at radius 1 is 0.788 bits per heavy atom. The minimum Gasteiger partial charge on any atom is -0.297 e. The van der Waals surface area contributed by atoms with Gasteiger partial charge >= 0.3 is 0 Å². The predicted octanol–water partition coefficient (Wildman–Crippen LogP) is 2.45. The van der Waals surface area contributed by atoms with Crippen LogP contribution in [0, 0.1) is 19.8 Å². The zero-order valence-corrected chi connectivity index (χ0v) is 20.2. The average molecular weight is 494 g/mol. The number of fused-ring (bicyclic) bond motifs is 3. The van der Waals surface area contributed by atoms with Gasteiger partial charge < -0.3 is 0 Å². The third-order valence-corrected chi connectivity index (χ3v) is 9.01. The zero-order chi connectivity index (χ0) is 23.9. The fourth-order valence-corrected chi connectivity index (χ4v) is 6.28. The van der Waals surface area contributed by atoms with Gasteiger partial charge in [-0.3, -0.25) is 18.1 Å². The number of hydrogen-bond acceptors (Lipinski definition) is 8. The fourth-order valence-electron chi connectivity index (χ4n) is 4.37. The molecule has 10 heteroatoms. The predicted molar refractivity (Wildman–Crippen MR) is 121 cm³/mol. The van der Waals surface area contributed by atoms with Crippen LogP contribution in [0.1, 0.15) is 24.0 Å². The Bertz CT molecular complexity index is 1150. The maximum atomic E-state index is 13.3. The lowest BCUT2D eigenvalue weighted by atomic mass is 9.74. The molecule has 2 aromatic carbocycles. The molecule has 3 fully saturated rings. The summed E-state index contributed by atoms with van der Waals surface area (Å²) in [5, 5.41) is 0. The van der Waals surface area contributed by atoms with Gasteiger partial charge in [0.05, 0.1) is 23.0 Å². The number of piperidine rings is 3. The van der Waals surface area contributed by atoms with Crippen LogP contribution in [-0.2, 0) is 33.4 Å². The van der Waals surface area contributed by atoms with Gasteiger partial charge in [0.2, 0.25) is 0 Å². The third-order valence-electron chi connectivity index (χ3n) is 6.45. The molecule has 0 amide bonds. The number of rotatable bonds is 8. The Labute approximate surface area is 194 Å². The van der Waals surface area contributed by atoms with Gasteiger partial charge in [0.25, 0.3) is 20.2 Å². The molecule has 2 aromatic rings. The van der Waals surface area contributed by atoms with E-state index >= 15 is 0 Å². The average Bonchev–Trinajstić information content (AvgIpc) is 2.79. The number of nitrogens with zero attached hydrogens (tertiary/aromatic N) is 1. The summed E-state index contributed by atoms with van der Waals surface area (Å²) in [6.45, 7) is 3.73. The molecule has 8 nitrogen and oxygen atoms in total. The number of Topliss-reactive ketones (excluding diaryl/α,β-unsaturated/α-hetero) is 1. The molecule has 0 N–H and O–H groups in total. The van der Waals surface area contributed by atoms with Crippen molar-refractivity contribution >= 4 is 26.0 Å². The molecule has 0 saturated carbocycles. The van der Waals surface area contributed by atoms with Crippen molar-refractivity contribution in [2.24, 2.45) is 5.92 Å². The zero-order valence-electron chi connectivity index (χ0n) is 18.6. The summed E-state index contributed by atoms with van der Waals surface area (Å²) in [5.74, 6) is -0.510. The Balaban J connectivity index is 1.59. The molecular formula is C23H27NO7S2. The molecule has 0 spiro atoms. The molecule has 0 unspecified atom stereocenters. The van der Waals surface area contributed by atoms with E-state index in [0.717, 1.165) is 11.1 Å². The largest absolute Gasteiger partial charge is 0.297 e. The van der Waals surface area contributed by atoms with E-state index in [9.17, 15) is 21.6 Å². The molecule has 0 aromatic heterocycles. The maximum absolute atomic E-state index is 13.3. The van der Waals surface area contributed by atoms with E-state index in [1.54, 1.807) is 29.2 Å². The number of aryl methyl sites for hydroxylation is 2. The minimum atomic E-state index is -4.15. The van der Waals surface area contributed by atoms with Crippen molar-refractivity contribution in [3.8, 4) is 0 Å². The smallest absolute Gasteiger partial charge is 0.297 e. The van der Waals surface area contributed by atoms with Crippen LogP contribution < -0.4 is 0 Å². The van der Waals surface area contributed by atoms with Crippen LogP contribution in [0.5, 0.6) is 0 Å². The van der Waals surface area contributed by atoms with E-state index in [1.165, 1.54) is 24.3 Å². The molecule has 178 valence electrons. The SMILES string of the molecule is Cc1ccc(S(=O)(=O)OCC2(COS(=O)(=O)c3ccc(C)cc3)C(=O)C3CCN2CC3)cc1. The second kappa shape index (κ2) is 8.92. The van der Waals surface area contributed by atoms with Crippen LogP contribution in [0.3, 0.4) is 0 Å². The van der Waals surface area contributed by atoms with Crippen molar-refractivity contribution in [3.05, 3.63) is 59.7 Å². The number of carbonyl (C=O) groups excluding carboxylic acids is 1. The minimum absolute atomic E-state index is 0.0279. The lowest BCUT2D eigenvalue weighted by Crippen LogP contribution is -2.69. The first-order valence-corrected chi connectivity index (χ1v) is 13.6. The van der Waals surface area contributed by atoms with Crippen LogP contribution in [0.4, 0.5) is 0 Å². The summed E-state index contributed by atoms with van der Waals surface area (Å²) in [4.78, 5) is 15.1. The molecule has 0 radical (unpaired) electrons. The first kappa shape index (κ1) is 24.0. The molecule has 3 aliphatic rings. The van der Waals surface area contributed by atoms with Crippen molar-refractivity contribution in [2.45, 2.75) is 42.0 Å². The Morgan fingerprint density at radius 3 is 1.55 bits per heavy atom. The highest BCUT2D eigenvalue weighted by molar-refractivity contribution is 7.87. The van der Waals surface area contributed by atoms with E-state index in [1.807, 2.05) is 13.8 Å². The summed E-state index contributed by atoms with van der Waals surface area (Å²) in [7, 11) is -8.30. The summed E-state index contributed by atoms with van der Waals surface area (Å²) < 4.78 is 61.8. The molecule has 3 heterocycles. The van der Waals surface area contributed by atoms with Crippen LogP contribution in [0.2, 0.25) is 0 Å². The lowest BCUT2D eigenvalue weighted by Gasteiger charge is -2.51. The topological polar surface area (TPSA) is 107 Å². The number of hydrogen-bond donors (Lipinski definition) is 0. The van der Waals surface area contributed by atoms with Gasteiger partial charge in [0.15, 0.2) is 5.78 Å². The molecule has 0 atom stereocenters. The Morgan fingerprint density at radius 2 is 1.18 bits per heavy atom. The highest BCUT2D eigenvalue weighted by atomic mass is 32.2. The van der Waals surface area contributed by atoms with Gasteiger partial charge in [0, 0.05) is 5.92 Å². The van der Waals surface area contributed by atoms with Crippen molar-refractivity contribution in [2.75, 3.05) is 26.3 Å². The highest BCUT2D eigenvalue weighted by Gasteiger charge is 2.55. The van der Waals surface area contributed by atoms with E-state index in [0.29, 0.717) is 25.9 Å². The van der Waals surface area contributed by atoms with Crippen molar-refractivity contribution in [1.29, 1.82) is 0 Å². The fraction of sp³-hybridized carbons (Fsp3) is 0.435. The number of benzene rings is 2. The lowest BCUT2D eigenvalue weighted by molar-refractivity contribution is -0.154. The van der Waals surface area contributed by atoms with Crippen molar-refractivity contribution < 1.29 is 30.0 Å². The Kier molecular flexibility index (Phi) is 6.49. The quantitative estimate of drug-likeness (QED) is 0.516. The number of carbonyl (C=O) groups is 1. The van der Waals surface area contributed by atoms with Crippen LogP contribution >= 0.6 is 0 Å².